The van der Waals surface area contributed by atoms with Crippen LogP contribution in [0.4, 0.5) is 0 Å². The van der Waals surface area contributed by atoms with Gasteiger partial charge in [0.1, 0.15) is 0 Å². The van der Waals surface area contributed by atoms with Gasteiger partial charge in [-0.25, -0.2) is 0 Å². The van der Waals surface area contributed by atoms with Crippen molar-refractivity contribution in [3.63, 3.8) is 0 Å². The molecule has 0 saturated heterocycles. The fourth-order valence-corrected chi connectivity index (χ4v) is 1.67. The molecule has 0 aromatic heterocycles. The minimum Gasteiger partial charge on any atom is -0.325 e. The fraction of sp³-hybridized carbons (Fsp3) is 1.00. The molecule has 12 heavy (non-hydrogen) atoms. The second kappa shape index (κ2) is 5.58. The van der Waals surface area contributed by atoms with Gasteiger partial charge >= 0.3 is 0 Å². The highest BCUT2D eigenvalue weighted by Crippen LogP contribution is 2.25. The van der Waals surface area contributed by atoms with Crippen molar-refractivity contribution in [1.29, 1.82) is 0 Å². The smallest absolute Gasteiger partial charge is 0.0177 e. The molecule has 0 aromatic rings. The first kappa shape index (κ1) is 12.0. The van der Waals surface area contributed by atoms with Crippen LogP contribution in [-0.4, -0.2) is 5.54 Å². The van der Waals surface area contributed by atoms with Gasteiger partial charge in [-0.3, -0.25) is 0 Å². The molecule has 0 heterocycles. The number of nitrogens with two attached hydrogens (primary N) is 1. The molecule has 1 heteroatoms. The summed E-state index contributed by atoms with van der Waals surface area (Å²) in [5, 5.41) is 0. The van der Waals surface area contributed by atoms with E-state index in [4.69, 9.17) is 5.73 Å². The Morgan fingerprint density at radius 1 is 1.08 bits per heavy atom. The maximum Gasteiger partial charge on any atom is 0.0177 e. The largest absolute Gasteiger partial charge is 0.325 e. The zero-order chi connectivity index (χ0) is 9.61. The van der Waals surface area contributed by atoms with E-state index >= 15 is 0 Å². The van der Waals surface area contributed by atoms with Crippen molar-refractivity contribution in [3.05, 3.63) is 0 Å². The van der Waals surface area contributed by atoms with E-state index in [1.807, 2.05) is 0 Å². The van der Waals surface area contributed by atoms with E-state index in [2.05, 4.69) is 27.7 Å². The van der Waals surface area contributed by atoms with Crippen molar-refractivity contribution in [2.75, 3.05) is 0 Å². The average molecular weight is 171 g/mol. The van der Waals surface area contributed by atoms with Crippen molar-refractivity contribution in [1.82, 2.24) is 0 Å². The van der Waals surface area contributed by atoms with Crippen LogP contribution in [-0.2, 0) is 0 Å². The number of unbranched alkanes of at least 4 members (excludes halogenated alkanes) is 1. The minimum absolute atomic E-state index is 0.102. The van der Waals surface area contributed by atoms with Crippen molar-refractivity contribution in [3.8, 4) is 0 Å². The molecule has 0 spiro atoms. The van der Waals surface area contributed by atoms with E-state index in [-0.39, 0.29) is 5.54 Å². The minimum atomic E-state index is 0.102. The van der Waals surface area contributed by atoms with Gasteiger partial charge in [-0.15, -0.1) is 0 Å². The Hall–Kier alpha value is -0.0400. The lowest BCUT2D eigenvalue weighted by Gasteiger charge is -2.33. The van der Waals surface area contributed by atoms with Crippen LogP contribution in [0.15, 0.2) is 0 Å². The normalized spacial score (nSPS) is 16.5. The first-order valence-electron chi connectivity index (χ1n) is 5.35. The third-order valence-electron chi connectivity index (χ3n) is 2.86. The highest BCUT2D eigenvalue weighted by Gasteiger charge is 2.26. The molecule has 2 N–H and O–H groups in total. The van der Waals surface area contributed by atoms with E-state index in [1.165, 1.54) is 32.1 Å². The molecule has 0 bridgehead atoms. The molecular weight excluding hydrogens is 146 g/mol. The molecule has 1 unspecified atom stereocenters. The van der Waals surface area contributed by atoms with E-state index in [1.54, 1.807) is 0 Å². The molecule has 74 valence electrons. The Morgan fingerprint density at radius 2 is 1.67 bits per heavy atom. The molecule has 0 aliphatic carbocycles. The van der Waals surface area contributed by atoms with Crippen LogP contribution in [0.3, 0.4) is 0 Å². The van der Waals surface area contributed by atoms with Gasteiger partial charge in [-0.1, -0.05) is 47.0 Å². The lowest BCUT2D eigenvalue weighted by atomic mass is 9.79. The zero-order valence-electron chi connectivity index (χ0n) is 9.19. The summed E-state index contributed by atoms with van der Waals surface area (Å²) in [6, 6.07) is 0. The molecule has 0 aliphatic rings. The summed E-state index contributed by atoms with van der Waals surface area (Å²) in [5.41, 5.74) is 6.44. The van der Waals surface area contributed by atoms with Crippen LogP contribution >= 0.6 is 0 Å². The summed E-state index contributed by atoms with van der Waals surface area (Å²) in [5.74, 6) is 0.615. The summed E-state index contributed by atoms with van der Waals surface area (Å²) >= 11 is 0. The Morgan fingerprint density at radius 3 is 2.00 bits per heavy atom. The number of rotatable bonds is 6. The van der Waals surface area contributed by atoms with Crippen LogP contribution in [0, 0.1) is 5.92 Å². The SMILES string of the molecule is CCCCC(N)(CCC)C(C)C. The third kappa shape index (κ3) is 3.57. The van der Waals surface area contributed by atoms with Gasteiger partial charge in [0.05, 0.1) is 0 Å². The lowest BCUT2D eigenvalue weighted by Crippen LogP contribution is -2.44. The molecule has 0 aliphatic heterocycles. The first-order valence-corrected chi connectivity index (χ1v) is 5.35. The molecule has 0 radical (unpaired) electrons. The van der Waals surface area contributed by atoms with Crippen molar-refractivity contribution in [2.45, 2.75) is 65.3 Å². The molecule has 0 saturated carbocycles. The molecular formula is C11H25N. The summed E-state index contributed by atoms with van der Waals surface area (Å²) in [4.78, 5) is 0. The quantitative estimate of drug-likeness (QED) is 0.652. The first-order chi connectivity index (χ1) is 5.56. The number of hydrogen-bond donors (Lipinski definition) is 1. The van der Waals surface area contributed by atoms with Gasteiger partial charge in [0.15, 0.2) is 0 Å². The molecule has 1 nitrogen and oxygen atoms in total. The standard InChI is InChI=1S/C11H25N/c1-5-7-9-11(12,8-6-2)10(3)4/h10H,5-9,12H2,1-4H3. The molecule has 0 fully saturated rings. The lowest BCUT2D eigenvalue weighted by molar-refractivity contribution is 0.259. The van der Waals surface area contributed by atoms with Crippen LogP contribution < -0.4 is 5.73 Å². The molecule has 0 aromatic carbocycles. The second-order valence-corrected chi connectivity index (χ2v) is 4.24. The van der Waals surface area contributed by atoms with Gasteiger partial charge < -0.3 is 5.73 Å². The Labute approximate surface area is 77.7 Å². The van der Waals surface area contributed by atoms with E-state index < -0.39 is 0 Å². The fourth-order valence-electron chi connectivity index (χ4n) is 1.67. The van der Waals surface area contributed by atoms with Crippen molar-refractivity contribution in [2.24, 2.45) is 11.7 Å². The van der Waals surface area contributed by atoms with E-state index in [0.717, 1.165) is 0 Å². The van der Waals surface area contributed by atoms with Gasteiger partial charge in [0.2, 0.25) is 0 Å². The van der Waals surface area contributed by atoms with Gasteiger partial charge in [0, 0.05) is 5.54 Å². The van der Waals surface area contributed by atoms with Crippen LogP contribution in [0.25, 0.3) is 0 Å². The van der Waals surface area contributed by atoms with Gasteiger partial charge in [0.25, 0.3) is 0 Å². The average Bonchev–Trinajstić information content (AvgIpc) is 2.01. The summed E-state index contributed by atoms with van der Waals surface area (Å²) in [6.07, 6.45) is 6.10. The summed E-state index contributed by atoms with van der Waals surface area (Å²) < 4.78 is 0. The topological polar surface area (TPSA) is 26.0 Å². The van der Waals surface area contributed by atoms with Gasteiger partial charge in [-0.05, 0) is 18.8 Å². The maximum atomic E-state index is 6.34. The zero-order valence-corrected chi connectivity index (χ0v) is 9.19. The van der Waals surface area contributed by atoms with E-state index in [9.17, 15) is 0 Å². The van der Waals surface area contributed by atoms with Crippen LogP contribution in [0.5, 0.6) is 0 Å². The third-order valence-corrected chi connectivity index (χ3v) is 2.86. The van der Waals surface area contributed by atoms with Crippen LogP contribution in [0.1, 0.15) is 59.8 Å². The molecule has 1 atom stereocenters. The van der Waals surface area contributed by atoms with E-state index in [0.29, 0.717) is 5.92 Å². The maximum absolute atomic E-state index is 6.34. The second-order valence-electron chi connectivity index (χ2n) is 4.24. The summed E-state index contributed by atoms with van der Waals surface area (Å²) in [7, 11) is 0. The van der Waals surface area contributed by atoms with Crippen molar-refractivity contribution < 1.29 is 0 Å². The Bertz CT molecular complexity index is 110. The highest BCUT2D eigenvalue weighted by atomic mass is 14.7. The Balaban J connectivity index is 3.99. The number of hydrogen-bond acceptors (Lipinski definition) is 1. The summed E-state index contributed by atoms with van der Waals surface area (Å²) in [6.45, 7) is 8.93. The molecule has 0 rings (SSSR count). The predicted octanol–water partition coefficient (Wildman–Crippen LogP) is 3.33. The molecule has 0 amide bonds. The van der Waals surface area contributed by atoms with Crippen LogP contribution in [0.2, 0.25) is 0 Å². The monoisotopic (exact) mass is 171 g/mol. The van der Waals surface area contributed by atoms with Crippen molar-refractivity contribution >= 4 is 0 Å². The Kier molecular flexibility index (Phi) is 5.56. The highest BCUT2D eigenvalue weighted by molar-refractivity contribution is 4.86. The van der Waals surface area contributed by atoms with Gasteiger partial charge in [-0.2, -0.15) is 0 Å². The predicted molar refractivity (Wildman–Crippen MR) is 56.2 cm³/mol.